The summed E-state index contributed by atoms with van der Waals surface area (Å²) in [7, 11) is -3.70. The van der Waals surface area contributed by atoms with Crippen molar-refractivity contribution < 1.29 is 26.3 Å². The quantitative estimate of drug-likeness (QED) is 0.330. The normalized spacial score (nSPS) is 12.3. The minimum Gasteiger partial charge on any atom is -0.406 e. The first-order chi connectivity index (χ1) is 14.1. The van der Waals surface area contributed by atoms with Crippen LogP contribution < -0.4 is 9.04 Å². The molecular weight excluding hydrogens is 503 g/mol. The number of hydrogen-bond donors (Lipinski definition) is 0. The van der Waals surface area contributed by atoms with Crippen LogP contribution in [0.2, 0.25) is 0 Å². The number of alkyl halides is 4. The maximum Gasteiger partial charge on any atom is 0.573 e. The Bertz CT molecular complexity index is 1130. The van der Waals surface area contributed by atoms with Crippen molar-refractivity contribution in [2.45, 2.75) is 26.3 Å². The summed E-state index contributed by atoms with van der Waals surface area (Å²) in [5.74, 6) is -0.462. The highest BCUT2D eigenvalue weighted by Crippen LogP contribution is 2.40. The summed E-state index contributed by atoms with van der Waals surface area (Å²) in [5, 5.41) is 2.04. The van der Waals surface area contributed by atoms with E-state index in [4.69, 9.17) is 0 Å². The Hall–Kier alpha value is -1.78. The number of thiophene rings is 1. The van der Waals surface area contributed by atoms with Crippen LogP contribution in [0.15, 0.2) is 48.5 Å². The second-order valence-corrected chi connectivity index (χ2v) is 10.4. The molecule has 0 N–H and O–H groups in total. The lowest BCUT2D eigenvalue weighted by Crippen LogP contribution is -2.32. The van der Waals surface area contributed by atoms with Crippen LogP contribution in [-0.4, -0.2) is 25.9 Å². The Balaban J connectivity index is 2.03. The third kappa shape index (κ3) is 5.47. The molecule has 0 aliphatic heterocycles. The lowest BCUT2D eigenvalue weighted by Gasteiger charge is -2.24. The van der Waals surface area contributed by atoms with Crippen LogP contribution in [0.4, 0.5) is 18.2 Å². The molecule has 0 fully saturated rings. The first-order valence-electron chi connectivity index (χ1n) is 9.00. The Kier molecular flexibility index (Phi) is 6.98. The van der Waals surface area contributed by atoms with E-state index in [1.165, 1.54) is 33.8 Å². The summed E-state index contributed by atoms with van der Waals surface area (Å²) in [5.41, 5.74) is 1.22. The van der Waals surface area contributed by atoms with Crippen LogP contribution >= 0.6 is 27.3 Å². The largest absolute Gasteiger partial charge is 0.573 e. The smallest absolute Gasteiger partial charge is 0.406 e. The lowest BCUT2D eigenvalue weighted by molar-refractivity contribution is -0.274. The molecule has 0 atom stereocenters. The van der Waals surface area contributed by atoms with Gasteiger partial charge in [-0.25, -0.2) is 8.42 Å². The molecule has 0 radical (unpaired) electrons. The number of rotatable bonds is 8. The van der Waals surface area contributed by atoms with Crippen molar-refractivity contribution in [3.05, 3.63) is 59.7 Å². The molecule has 30 heavy (non-hydrogen) atoms. The zero-order valence-electron chi connectivity index (χ0n) is 15.9. The zero-order valence-corrected chi connectivity index (χ0v) is 19.2. The van der Waals surface area contributed by atoms with Crippen LogP contribution in [-0.2, 0) is 16.6 Å². The minimum atomic E-state index is -4.82. The van der Waals surface area contributed by atoms with Gasteiger partial charge in [-0.2, -0.15) is 0 Å². The standard InChI is InChI=1S/C20H19BrF3NO3S2/c1-14-17-8-2-3-9-18(17)29-19(14)25(30(26,27)11-5-10-21)13-15-6-4-7-16(12-15)28-20(22,23)24/h2-4,6-9,12H,5,10-11,13H2,1H3. The first kappa shape index (κ1) is 22.9. The molecule has 3 rings (SSSR count). The highest BCUT2D eigenvalue weighted by molar-refractivity contribution is 9.09. The van der Waals surface area contributed by atoms with E-state index in [0.717, 1.165) is 15.6 Å². The monoisotopic (exact) mass is 521 g/mol. The maximum absolute atomic E-state index is 13.1. The van der Waals surface area contributed by atoms with Crippen molar-refractivity contribution in [1.82, 2.24) is 0 Å². The summed E-state index contributed by atoms with van der Waals surface area (Å²) in [6, 6.07) is 13.0. The molecule has 0 bridgehead atoms. The highest BCUT2D eigenvalue weighted by atomic mass is 79.9. The molecule has 0 saturated carbocycles. The number of nitrogens with zero attached hydrogens (tertiary/aromatic N) is 1. The van der Waals surface area contributed by atoms with Crippen molar-refractivity contribution >= 4 is 52.4 Å². The predicted molar refractivity (Wildman–Crippen MR) is 118 cm³/mol. The fraction of sp³-hybridized carbons (Fsp3) is 0.300. The van der Waals surface area contributed by atoms with E-state index < -0.39 is 16.4 Å². The van der Waals surface area contributed by atoms with Crippen molar-refractivity contribution in [1.29, 1.82) is 0 Å². The molecule has 3 aromatic rings. The molecule has 4 nitrogen and oxygen atoms in total. The van der Waals surface area contributed by atoms with E-state index in [1.54, 1.807) is 6.07 Å². The van der Waals surface area contributed by atoms with Crippen molar-refractivity contribution in [2.75, 3.05) is 15.4 Å². The zero-order chi connectivity index (χ0) is 21.9. The van der Waals surface area contributed by atoms with Crippen molar-refractivity contribution in [3.8, 4) is 5.75 Å². The SMILES string of the molecule is Cc1c(N(Cc2cccc(OC(F)(F)F)c2)S(=O)(=O)CCCBr)sc2ccccc12. The van der Waals surface area contributed by atoms with Gasteiger partial charge in [0.2, 0.25) is 10.0 Å². The van der Waals surface area contributed by atoms with Crippen LogP contribution in [0.25, 0.3) is 10.1 Å². The fourth-order valence-electron chi connectivity index (χ4n) is 3.05. The van der Waals surface area contributed by atoms with Crippen molar-refractivity contribution in [3.63, 3.8) is 0 Å². The molecule has 162 valence electrons. The van der Waals surface area contributed by atoms with Crippen LogP contribution in [0.5, 0.6) is 5.75 Å². The van der Waals surface area contributed by atoms with Gasteiger partial charge in [0.15, 0.2) is 0 Å². The number of sulfonamides is 1. The van der Waals surface area contributed by atoms with E-state index in [1.807, 2.05) is 31.2 Å². The van der Waals surface area contributed by atoms with Gasteiger partial charge < -0.3 is 4.74 Å². The molecular formula is C20H19BrF3NO3S2. The Morgan fingerprint density at radius 3 is 2.53 bits per heavy atom. The number of aryl methyl sites for hydroxylation is 1. The van der Waals surface area contributed by atoms with Gasteiger partial charge in [0.05, 0.1) is 12.3 Å². The summed E-state index contributed by atoms with van der Waals surface area (Å²) >= 11 is 4.60. The molecule has 1 aromatic heterocycles. The van der Waals surface area contributed by atoms with Gasteiger partial charge in [0, 0.05) is 10.0 Å². The summed E-state index contributed by atoms with van der Waals surface area (Å²) < 4.78 is 70.2. The topological polar surface area (TPSA) is 46.6 Å². The summed E-state index contributed by atoms with van der Waals surface area (Å²) in [4.78, 5) is 0. The number of anilines is 1. The average molecular weight is 522 g/mol. The fourth-order valence-corrected chi connectivity index (χ4v) is 6.73. The second-order valence-electron chi connectivity index (χ2n) is 6.59. The number of hydrogen-bond acceptors (Lipinski definition) is 4. The third-order valence-corrected chi connectivity index (χ3v) is 8.13. The number of halogens is 4. The van der Waals surface area contributed by atoms with Gasteiger partial charge in [0.1, 0.15) is 10.8 Å². The van der Waals surface area contributed by atoms with Crippen molar-refractivity contribution in [2.24, 2.45) is 0 Å². The highest BCUT2D eigenvalue weighted by Gasteiger charge is 2.31. The molecule has 0 spiro atoms. The van der Waals surface area contributed by atoms with E-state index in [-0.39, 0.29) is 18.0 Å². The minimum absolute atomic E-state index is 0.0787. The van der Waals surface area contributed by atoms with Gasteiger partial charge >= 0.3 is 6.36 Å². The summed E-state index contributed by atoms with van der Waals surface area (Å²) in [6.07, 6.45) is -4.40. The molecule has 0 aliphatic carbocycles. The van der Waals surface area contributed by atoms with Gasteiger partial charge in [-0.15, -0.1) is 24.5 Å². The van der Waals surface area contributed by atoms with Crippen LogP contribution in [0.3, 0.4) is 0 Å². The van der Waals surface area contributed by atoms with Crippen LogP contribution in [0, 0.1) is 6.92 Å². The second kappa shape index (κ2) is 9.15. The Morgan fingerprint density at radius 1 is 1.13 bits per heavy atom. The molecule has 0 unspecified atom stereocenters. The number of ether oxygens (including phenoxy) is 1. The Labute approximate surface area is 185 Å². The molecule has 10 heteroatoms. The molecule has 0 aliphatic rings. The molecule has 2 aromatic carbocycles. The lowest BCUT2D eigenvalue weighted by atomic mass is 10.2. The van der Waals surface area contributed by atoms with Crippen LogP contribution in [0.1, 0.15) is 17.5 Å². The predicted octanol–water partition coefficient (Wildman–Crippen LogP) is 6.23. The van der Waals surface area contributed by atoms with E-state index in [0.29, 0.717) is 22.3 Å². The van der Waals surface area contributed by atoms with E-state index in [9.17, 15) is 21.6 Å². The third-order valence-electron chi connectivity index (χ3n) is 4.37. The van der Waals surface area contributed by atoms with E-state index >= 15 is 0 Å². The average Bonchev–Trinajstić information content (AvgIpc) is 3.00. The summed E-state index contributed by atoms with van der Waals surface area (Å²) in [6.45, 7) is 1.76. The van der Waals surface area contributed by atoms with Gasteiger partial charge in [-0.3, -0.25) is 4.31 Å². The van der Waals surface area contributed by atoms with Gasteiger partial charge in [-0.1, -0.05) is 46.3 Å². The molecule has 0 saturated heterocycles. The number of benzene rings is 2. The maximum atomic E-state index is 13.1. The Morgan fingerprint density at radius 2 is 1.87 bits per heavy atom. The molecule has 0 amide bonds. The van der Waals surface area contributed by atoms with Gasteiger partial charge in [0.25, 0.3) is 0 Å². The number of fused-ring (bicyclic) bond motifs is 1. The van der Waals surface area contributed by atoms with E-state index in [2.05, 4.69) is 20.7 Å². The van der Waals surface area contributed by atoms with Gasteiger partial charge in [-0.05, 0) is 48.1 Å². The molecule has 1 heterocycles. The first-order valence-corrected chi connectivity index (χ1v) is 12.5.